The van der Waals surface area contributed by atoms with Crippen LogP contribution in [-0.4, -0.2) is 27.5 Å². The summed E-state index contributed by atoms with van der Waals surface area (Å²) in [6, 6.07) is 7.72. The zero-order valence-electron chi connectivity index (χ0n) is 14.4. The third-order valence-corrected chi connectivity index (χ3v) is 7.01. The second-order valence-electron chi connectivity index (χ2n) is 6.42. The third kappa shape index (κ3) is 5.81. The van der Waals surface area contributed by atoms with E-state index < -0.39 is 0 Å². The smallest absolute Gasteiger partial charge is 0.230 e. The van der Waals surface area contributed by atoms with E-state index in [1.165, 1.54) is 55.2 Å². The van der Waals surface area contributed by atoms with Crippen molar-refractivity contribution in [2.24, 2.45) is 0 Å². The normalized spacial score (nSPS) is 16.0. The van der Waals surface area contributed by atoms with Gasteiger partial charge in [-0.05, 0) is 49.3 Å². The van der Waals surface area contributed by atoms with Gasteiger partial charge in [-0.25, -0.2) is 4.68 Å². The van der Waals surface area contributed by atoms with Crippen molar-refractivity contribution >= 4 is 52.8 Å². The molecule has 1 N–H and O–H groups in total. The van der Waals surface area contributed by atoms with Gasteiger partial charge in [0.2, 0.25) is 5.91 Å². The van der Waals surface area contributed by atoms with Gasteiger partial charge in [-0.3, -0.25) is 4.79 Å². The first-order chi connectivity index (χ1) is 12.6. The number of halogens is 1. The molecule has 26 heavy (non-hydrogen) atoms. The molecule has 1 aliphatic rings. The van der Waals surface area contributed by atoms with Gasteiger partial charge in [0.25, 0.3) is 0 Å². The van der Waals surface area contributed by atoms with Gasteiger partial charge in [-0.15, -0.1) is 5.10 Å². The van der Waals surface area contributed by atoms with E-state index >= 15 is 0 Å². The van der Waals surface area contributed by atoms with Crippen molar-refractivity contribution in [2.75, 3.05) is 5.75 Å². The van der Waals surface area contributed by atoms with Crippen molar-refractivity contribution in [1.29, 1.82) is 0 Å². The Morgan fingerprint density at radius 3 is 2.58 bits per heavy atom. The van der Waals surface area contributed by atoms with Crippen LogP contribution in [0.3, 0.4) is 0 Å². The standard InChI is InChI=1S/C18H22ClN3OS3/c19-13-8-10-15(11-9-13)22-18(24)26-17(21-22)25-12-16(23)20-14-6-4-2-1-3-5-7-14/h8-11,14H,1-7,12H2,(H,20,23). The largest absolute Gasteiger partial charge is 0.353 e. The number of aromatic nitrogens is 2. The zero-order valence-corrected chi connectivity index (χ0v) is 17.7. The molecule has 1 fully saturated rings. The van der Waals surface area contributed by atoms with Crippen molar-refractivity contribution in [3.63, 3.8) is 0 Å². The van der Waals surface area contributed by atoms with Gasteiger partial charge in [0.15, 0.2) is 8.29 Å². The summed E-state index contributed by atoms with van der Waals surface area (Å²) in [6.45, 7) is 0. The van der Waals surface area contributed by atoms with E-state index in [0.29, 0.717) is 20.8 Å². The summed E-state index contributed by atoms with van der Waals surface area (Å²) in [5, 5.41) is 8.39. The molecule has 1 saturated carbocycles. The van der Waals surface area contributed by atoms with Gasteiger partial charge in [0, 0.05) is 11.1 Å². The van der Waals surface area contributed by atoms with E-state index in [1.54, 1.807) is 4.68 Å². The monoisotopic (exact) mass is 427 g/mol. The van der Waals surface area contributed by atoms with Crippen LogP contribution < -0.4 is 5.32 Å². The Hall–Kier alpha value is -0.890. The molecule has 1 amide bonds. The predicted octanol–water partition coefficient (Wildman–Crippen LogP) is 5.64. The maximum absolute atomic E-state index is 12.3. The second kappa shape index (κ2) is 9.88. The fourth-order valence-electron chi connectivity index (χ4n) is 3.06. The Bertz CT molecular complexity index is 780. The average Bonchev–Trinajstić information content (AvgIpc) is 2.97. The summed E-state index contributed by atoms with van der Waals surface area (Å²) in [7, 11) is 0. The predicted molar refractivity (Wildman–Crippen MR) is 112 cm³/mol. The zero-order chi connectivity index (χ0) is 18.4. The van der Waals surface area contributed by atoms with Crippen molar-refractivity contribution in [3.05, 3.63) is 33.2 Å². The highest BCUT2D eigenvalue weighted by Crippen LogP contribution is 2.25. The number of hydrogen-bond acceptors (Lipinski definition) is 5. The van der Waals surface area contributed by atoms with Gasteiger partial charge in [0.05, 0.1) is 11.4 Å². The first-order valence-electron chi connectivity index (χ1n) is 8.90. The molecule has 0 bridgehead atoms. The Balaban J connectivity index is 1.54. The molecule has 1 heterocycles. The Labute approximate surface area is 172 Å². The Morgan fingerprint density at radius 1 is 1.23 bits per heavy atom. The van der Waals surface area contributed by atoms with Crippen molar-refractivity contribution < 1.29 is 4.79 Å². The molecular weight excluding hydrogens is 406 g/mol. The van der Waals surface area contributed by atoms with Crippen LogP contribution >= 0.6 is 46.9 Å². The lowest BCUT2D eigenvalue weighted by Gasteiger charge is -2.20. The van der Waals surface area contributed by atoms with Crippen LogP contribution in [0.4, 0.5) is 0 Å². The summed E-state index contributed by atoms with van der Waals surface area (Å²) >= 11 is 14.2. The molecule has 2 aromatic rings. The highest BCUT2D eigenvalue weighted by Gasteiger charge is 2.15. The molecule has 4 nitrogen and oxygen atoms in total. The lowest BCUT2D eigenvalue weighted by atomic mass is 9.97. The molecule has 0 spiro atoms. The van der Waals surface area contributed by atoms with Crippen molar-refractivity contribution in [1.82, 2.24) is 15.1 Å². The summed E-state index contributed by atoms with van der Waals surface area (Å²) in [5.74, 6) is 0.457. The van der Waals surface area contributed by atoms with Gasteiger partial charge >= 0.3 is 0 Å². The molecule has 1 aromatic carbocycles. The molecular formula is C18H22ClN3OS3. The number of amides is 1. The summed E-state index contributed by atoms with van der Waals surface area (Å²) < 4.78 is 3.18. The number of benzene rings is 1. The van der Waals surface area contributed by atoms with E-state index in [9.17, 15) is 4.79 Å². The van der Waals surface area contributed by atoms with E-state index in [1.807, 2.05) is 24.3 Å². The van der Waals surface area contributed by atoms with E-state index in [-0.39, 0.29) is 5.91 Å². The Morgan fingerprint density at radius 2 is 1.88 bits per heavy atom. The number of thioether (sulfide) groups is 1. The minimum absolute atomic E-state index is 0.0831. The first kappa shape index (κ1) is 19.9. The molecule has 0 atom stereocenters. The van der Waals surface area contributed by atoms with E-state index in [2.05, 4.69) is 10.4 Å². The maximum atomic E-state index is 12.3. The van der Waals surface area contributed by atoms with Crippen molar-refractivity contribution in [3.8, 4) is 5.69 Å². The molecule has 8 heteroatoms. The molecule has 0 radical (unpaired) electrons. The van der Waals surface area contributed by atoms with Crippen LogP contribution in [0.2, 0.25) is 5.02 Å². The van der Waals surface area contributed by atoms with Crippen LogP contribution in [0.1, 0.15) is 44.9 Å². The minimum Gasteiger partial charge on any atom is -0.353 e. The summed E-state index contributed by atoms with van der Waals surface area (Å²) in [6.07, 6.45) is 8.52. The van der Waals surface area contributed by atoms with E-state index in [0.717, 1.165) is 22.9 Å². The molecule has 1 aliphatic carbocycles. The summed E-state index contributed by atoms with van der Waals surface area (Å²) in [4.78, 5) is 12.3. The second-order valence-corrected chi connectivity index (χ2v) is 9.70. The number of carbonyl (C=O) groups excluding carboxylic acids is 1. The van der Waals surface area contributed by atoms with Crippen LogP contribution in [0.15, 0.2) is 28.6 Å². The maximum Gasteiger partial charge on any atom is 0.230 e. The number of carbonyl (C=O) groups is 1. The topological polar surface area (TPSA) is 46.9 Å². The van der Waals surface area contributed by atoms with Gasteiger partial charge < -0.3 is 5.32 Å². The van der Waals surface area contributed by atoms with Crippen LogP contribution in [0.5, 0.6) is 0 Å². The number of nitrogens with zero attached hydrogens (tertiary/aromatic N) is 2. The van der Waals surface area contributed by atoms with Gasteiger partial charge in [0.1, 0.15) is 0 Å². The molecule has 140 valence electrons. The molecule has 0 aliphatic heterocycles. The summed E-state index contributed by atoms with van der Waals surface area (Å²) in [5.41, 5.74) is 0.876. The van der Waals surface area contributed by atoms with Crippen LogP contribution in [0.25, 0.3) is 5.69 Å². The lowest BCUT2D eigenvalue weighted by molar-refractivity contribution is -0.119. The van der Waals surface area contributed by atoms with Crippen LogP contribution in [-0.2, 0) is 4.79 Å². The quantitative estimate of drug-likeness (QED) is 0.495. The molecule has 0 unspecified atom stereocenters. The van der Waals surface area contributed by atoms with E-state index in [4.69, 9.17) is 23.8 Å². The molecule has 1 aromatic heterocycles. The molecule has 0 saturated heterocycles. The lowest BCUT2D eigenvalue weighted by Crippen LogP contribution is -2.36. The van der Waals surface area contributed by atoms with Crippen molar-refractivity contribution in [2.45, 2.75) is 55.3 Å². The highest BCUT2D eigenvalue weighted by atomic mass is 35.5. The fraction of sp³-hybridized carbons (Fsp3) is 0.500. The minimum atomic E-state index is 0.0831. The number of nitrogens with one attached hydrogen (secondary N) is 1. The number of hydrogen-bond donors (Lipinski definition) is 1. The molecule has 3 rings (SSSR count). The number of rotatable bonds is 5. The van der Waals surface area contributed by atoms with Gasteiger partial charge in [-0.1, -0.05) is 66.8 Å². The van der Waals surface area contributed by atoms with Gasteiger partial charge in [-0.2, -0.15) is 0 Å². The third-order valence-electron chi connectivity index (χ3n) is 4.40. The first-order valence-corrected chi connectivity index (χ1v) is 11.5. The SMILES string of the molecule is O=C(CSc1nn(-c2ccc(Cl)cc2)c(=S)s1)NC1CCCCCCC1. The highest BCUT2D eigenvalue weighted by molar-refractivity contribution is 8.01. The van der Waals surface area contributed by atoms with Crippen LogP contribution in [0, 0.1) is 3.95 Å². The fourth-order valence-corrected chi connectivity index (χ4v) is 5.36. The Kier molecular flexibility index (Phi) is 7.54. The average molecular weight is 428 g/mol.